The number of carbonyl (C=O) groups is 4. The Bertz CT molecular complexity index is 1580. The Kier molecular flexibility index (Phi) is 8.01. The maximum absolute atomic E-state index is 13.8. The number of amides is 4. The van der Waals surface area contributed by atoms with E-state index in [1.165, 1.54) is 7.11 Å². The highest BCUT2D eigenvalue weighted by molar-refractivity contribution is 6.13. The van der Waals surface area contributed by atoms with Crippen LogP contribution in [0.5, 0.6) is 11.5 Å². The molecule has 4 aromatic rings. The van der Waals surface area contributed by atoms with E-state index in [1.807, 2.05) is 12.1 Å². The third-order valence-electron chi connectivity index (χ3n) is 7.12. The zero-order valence-electron chi connectivity index (χ0n) is 23.1. The number of anilines is 1. The fourth-order valence-electron chi connectivity index (χ4n) is 5.01. The summed E-state index contributed by atoms with van der Waals surface area (Å²) < 4.78 is 10.5. The van der Waals surface area contributed by atoms with E-state index in [1.54, 1.807) is 98.1 Å². The number of hydrogen-bond acceptors (Lipinski definition) is 6. The number of Topliss-reactive ketones (excluding diaryl/α,β-unsaturated/α-hetero) is 1. The van der Waals surface area contributed by atoms with Crippen LogP contribution in [0.15, 0.2) is 103 Å². The normalized spacial score (nSPS) is 13.8. The average Bonchev–Trinajstić information content (AvgIpc) is 3.27. The van der Waals surface area contributed by atoms with Gasteiger partial charge < -0.3 is 20.1 Å². The van der Waals surface area contributed by atoms with E-state index in [9.17, 15) is 19.2 Å². The third-order valence-corrected chi connectivity index (χ3v) is 7.12. The van der Waals surface area contributed by atoms with Crippen LogP contribution in [0, 0.1) is 0 Å². The van der Waals surface area contributed by atoms with Gasteiger partial charge >= 0.3 is 6.03 Å². The van der Waals surface area contributed by atoms with Gasteiger partial charge in [0, 0.05) is 11.3 Å². The van der Waals surface area contributed by atoms with E-state index < -0.39 is 29.8 Å². The molecule has 2 N–H and O–H groups in total. The van der Waals surface area contributed by atoms with Crippen LogP contribution >= 0.6 is 0 Å². The second kappa shape index (κ2) is 12.0. The number of imide groups is 1. The van der Waals surface area contributed by atoms with Crippen molar-refractivity contribution >= 4 is 29.3 Å². The largest absolute Gasteiger partial charge is 0.493 e. The summed E-state index contributed by atoms with van der Waals surface area (Å²) in [5, 5.41) is 5.65. The van der Waals surface area contributed by atoms with Gasteiger partial charge in [0.05, 0.1) is 27.2 Å². The van der Waals surface area contributed by atoms with Crippen molar-refractivity contribution in [1.29, 1.82) is 0 Å². The molecular weight excluding hydrogens is 534 g/mol. The van der Waals surface area contributed by atoms with E-state index in [0.717, 1.165) is 10.5 Å². The lowest BCUT2D eigenvalue weighted by atomic mass is 9.82. The van der Waals surface area contributed by atoms with Gasteiger partial charge in [-0.2, -0.15) is 0 Å². The SMILES string of the molecule is COc1ccc(CC(=O)Nc2ccc(C(=O)CN3C(=O)NC(c4ccccc4)(c4ccccc4)C3=O)cc2)cc1OC. The molecule has 0 aliphatic carbocycles. The lowest BCUT2D eigenvalue weighted by Gasteiger charge is -2.28. The minimum absolute atomic E-state index is 0.109. The molecule has 1 heterocycles. The van der Waals surface area contributed by atoms with Gasteiger partial charge in [0.1, 0.15) is 0 Å². The van der Waals surface area contributed by atoms with Crippen LogP contribution < -0.4 is 20.1 Å². The van der Waals surface area contributed by atoms with Crippen LogP contribution in [-0.4, -0.2) is 49.3 Å². The number of nitrogens with zero attached hydrogens (tertiary/aromatic N) is 1. The summed E-state index contributed by atoms with van der Waals surface area (Å²) in [6.07, 6.45) is 0.109. The molecule has 0 spiro atoms. The van der Waals surface area contributed by atoms with Gasteiger partial charge in [0.15, 0.2) is 22.8 Å². The Hall–Kier alpha value is -5.44. The molecule has 42 heavy (non-hydrogen) atoms. The maximum Gasteiger partial charge on any atom is 0.325 e. The van der Waals surface area contributed by atoms with Gasteiger partial charge in [0.25, 0.3) is 5.91 Å². The van der Waals surface area contributed by atoms with Crippen LogP contribution in [0.4, 0.5) is 10.5 Å². The molecule has 9 nitrogen and oxygen atoms in total. The molecule has 212 valence electrons. The predicted molar refractivity (Wildman–Crippen MR) is 157 cm³/mol. The van der Waals surface area contributed by atoms with E-state index in [-0.39, 0.29) is 12.3 Å². The van der Waals surface area contributed by atoms with Crippen molar-refractivity contribution in [2.75, 3.05) is 26.1 Å². The van der Waals surface area contributed by atoms with Crippen molar-refractivity contribution in [3.05, 3.63) is 125 Å². The number of rotatable bonds is 10. The van der Waals surface area contributed by atoms with Crippen LogP contribution in [-0.2, 0) is 21.5 Å². The van der Waals surface area contributed by atoms with Crippen molar-refractivity contribution in [2.24, 2.45) is 0 Å². The monoisotopic (exact) mass is 563 g/mol. The summed E-state index contributed by atoms with van der Waals surface area (Å²) in [7, 11) is 3.07. The highest BCUT2D eigenvalue weighted by Crippen LogP contribution is 2.36. The third kappa shape index (κ3) is 5.44. The summed E-state index contributed by atoms with van der Waals surface area (Å²) >= 11 is 0. The minimum Gasteiger partial charge on any atom is -0.493 e. The topological polar surface area (TPSA) is 114 Å². The van der Waals surface area contributed by atoms with Gasteiger partial charge in [-0.05, 0) is 53.1 Å². The molecule has 1 aliphatic heterocycles. The van der Waals surface area contributed by atoms with Gasteiger partial charge in [-0.1, -0.05) is 66.7 Å². The summed E-state index contributed by atoms with van der Waals surface area (Å²) in [5.41, 5.74) is 1.29. The van der Waals surface area contributed by atoms with E-state index in [2.05, 4.69) is 10.6 Å². The van der Waals surface area contributed by atoms with Gasteiger partial charge in [-0.3, -0.25) is 19.3 Å². The maximum atomic E-state index is 13.8. The molecule has 0 bridgehead atoms. The van der Waals surface area contributed by atoms with Gasteiger partial charge in [-0.25, -0.2) is 4.79 Å². The second-order valence-electron chi connectivity index (χ2n) is 9.72. The zero-order valence-corrected chi connectivity index (χ0v) is 23.1. The number of nitrogens with one attached hydrogen (secondary N) is 2. The summed E-state index contributed by atoms with van der Waals surface area (Å²) in [6.45, 7) is -0.433. The second-order valence-corrected chi connectivity index (χ2v) is 9.72. The number of benzene rings is 4. The van der Waals surface area contributed by atoms with Crippen molar-refractivity contribution in [2.45, 2.75) is 12.0 Å². The number of urea groups is 1. The lowest BCUT2D eigenvalue weighted by Crippen LogP contribution is -2.45. The Morgan fingerprint density at radius 2 is 1.38 bits per heavy atom. The van der Waals surface area contributed by atoms with Gasteiger partial charge in [0.2, 0.25) is 5.91 Å². The molecular formula is C33H29N3O6. The smallest absolute Gasteiger partial charge is 0.325 e. The number of methoxy groups -OCH3 is 2. The quantitative estimate of drug-likeness (QED) is 0.216. The van der Waals surface area contributed by atoms with Gasteiger partial charge in [-0.15, -0.1) is 0 Å². The van der Waals surface area contributed by atoms with E-state index >= 15 is 0 Å². The Morgan fingerprint density at radius 1 is 0.786 bits per heavy atom. The molecule has 5 rings (SSSR count). The fourth-order valence-corrected chi connectivity index (χ4v) is 5.01. The summed E-state index contributed by atoms with van der Waals surface area (Å²) in [5.74, 6) is -0.101. The number of ketones is 1. The lowest BCUT2D eigenvalue weighted by molar-refractivity contribution is -0.130. The molecule has 4 amide bonds. The molecule has 0 unspecified atom stereocenters. The Labute approximate surface area is 243 Å². The Morgan fingerprint density at radius 3 is 1.95 bits per heavy atom. The Balaban J connectivity index is 1.27. The first-order valence-electron chi connectivity index (χ1n) is 13.2. The molecule has 0 aromatic heterocycles. The highest BCUT2D eigenvalue weighted by atomic mass is 16.5. The molecule has 1 saturated heterocycles. The molecule has 1 fully saturated rings. The molecule has 0 saturated carbocycles. The molecule has 9 heteroatoms. The standard InChI is InChI=1S/C33H29N3O6/c1-41-28-18-13-22(19-29(28)42-2)20-30(38)34-26-16-14-23(15-17-26)27(37)21-36-31(39)33(35-32(36)40,24-9-5-3-6-10-24)25-11-7-4-8-12-25/h3-19H,20-21H2,1-2H3,(H,34,38)(H,35,40). The molecule has 4 aromatic carbocycles. The van der Waals surface area contributed by atoms with Crippen LogP contribution in [0.3, 0.4) is 0 Å². The van der Waals surface area contributed by atoms with Crippen LogP contribution in [0.25, 0.3) is 0 Å². The summed E-state index contributed by atoms with van der Waals surface area (Å²) in [6, 6.07) is 28.8. The summed E-state index contributed by atoms with van der Waals surface area (Å²) in [4.78, 5) is 53.7. The average molecular weight is 564 g/mol. The van der Waals surface area contributed by atoms with Crippen molar-refractivity contribution < 1.29 is 28.7 Å². The predicted octanol–water partition coefficient (Wildman–Crippen LogP) is 4.56. The van der Waals surface area contributed by atoms with Crippen LogP contribution in [0.2, 0.25) is 0 Å². The first-order valence-corrected chi connectivity index (χ1v) is 13.2. The number of hydrogen-bond donors (Lipinski definition) is 2. The molecule has 0 atom stereocenters. The molecule has 1 aliphatic rings. The van der Waals surface area contributed by atoms with Crippen molar-refractivity contribution in [1.82, 2.24) is 10.2 Å². The highest BCUT2D eigenvalue weighted by Gasteiger charge is 2.54. The number of carbonyl (C=O) groups excluding carboxylic acids is 4. The molecule has 0 radical (unpaired) electrons. The number of ether oxygens (including phenoxy) is 2. The minimum atomic E-state index is -1.44. The van der Waals surface area contributed by atoms with E-state index in [4.69, 9.17) is 9.47 Å². The zero-order chi connectivity index (χ0) is 29.7. The first-order chi connectivity index (χ1) is 20.3. The van der Waals surface area contributed by atoms with Crippen molar-refractivity contribution in [3.63, 3.8) is 0 Å². The van der Waals surface area contributed by atoms with Crippen LogP contribution in [0.1, 0.15) is 27.0 Å². The fraction of sp³-hybridized carbons (Fsp3) is 0.152. The first kappa shape index (κ1) is 28.1. The van der Waals surface area contributed by atoms with Crippen molar-refractivity contribution in [3.8, 4) is 11.5 Å². The van der Waals surface area contributed by atoms with E-state index in [0.29, 0.717) is 33.9 Å².